The Kier molecular flexibility index (Phi) is 3.38. The molecule has 1 saturated heterocycles. The van der Waals surface area contributed by atoms with E-state index in [1.54, 1.807) is 20.8 Å². The summed E-state index contributed by atoms with van der Waals surface area (Å²) in [5.41, 5.74) is -1.99. The van der Waals surface area contributed by atoms with Crippen molar-refractivity contribution in [1.82, 2.24) is 4.90 Å². The zero-order chi connectivity index (χ0) is 13.4. The van der Waals surface area contributed by atoms with Crippen LogP contribution >= 0.6 is 0 Å². The molecule has 0 aromatic heterocycles. The van der Waals surface area contributed by atoms with Crippen molar-refractivity contribution in [2.24, 2.45) is 0 Å². The third kappa shape index (κ3) is 2.88. The predicted molar refractivity (Wildman–Crippen MR) is 59.6 cm³/mol. The molecule has 1 heterocycles. The number of aliphatic hydroxyl groups excluding tert-OH is 1. The summed E-state index contributed by atoms with van der Waals surface area (Å²) in [6.07, 6.45) is -1.99. The van der Waals surface area contributed by atoms with E-state index in [9.17, 15) is 14.7 Å². The molecule has 17 heavy (non-hydrogen) atoms. The zero-order valence-electron chi connectivity index (χ0n) is 10.6. The number of carbonyl (C=O) groups excluding carboxylic acids is 1. The van der Waals surface area contributed by atoms with Crippen LogP contribution in [0.3, 0.4) is 0 Å². The number of rotatable bonds is 1. The highest BCUT2D eigenvalue weighted by Crippen LogP contribution is 2.31. The minimum absolute atomic E-state index is 0.0637. The van der Waals surface area contributed by atoms with Gasteiger partial charge in [-0.1, -0.05) is 0 Å². The number of esters is 1. The second-order valence-electron chi connectivity index (χ2n) is 5.53. The number of aliphatic hydroxyl groups is 1. The first kappa shape index (κ1) is 13.8. The smallest absolute Gasteiger partial charge is 0.408 e. The van der Waals surface area contributed by atoms with Crippen molar-refractivity contribution in [3.05, 3.63) is 0 Å². The molecule has 1 aliphatic rings. The lowest BCUT2D eigenvalue weighted by molar-refractivity contribution is -0.166. The van der Waals surface area contributed by atoms with E-state index in [2.05, 4.69) is 0 Å². The molecular weight excluding hydrogens is 226 g/mol. The molecule has 1 rings (SSSR count). The third-order valence-electron chi connectivity index (χ3n) is 2.69. The molecule has 0 saturated carbocycles. The highest BCUT2D eigenvalue weighted by molar-refractivity contribution is 5.86. The minimum atomic E-state index is -1.31. The quantitative estimate of drug-likeness (QED) is 0.668. The number of nitrogens with zero attached hydrogens (tertiary/aromatic N) is 1. The van der Waals surface area contributed by atoms with Crippen LogP contribution in [-0.2, 0) is 9.53 Å². The Balaban J connectivity index is 2.92. The third-order valence-corrected chi connectivity index (χ3v) is 2.69. The molecule has 0 aromatic carbocycles. The SMILES string of the molecule is CC(C)(C)OC(=O)[C@]1(C)C[C@@H](O)CN1C(=O)O. The maximum atomic E-state index is 12.0. The summed E-state index contributed by atoms with van der Waals surface area (Å²) in [4.78, 5) is 24.0. The lowest BCUT2D eigenvalue weighted by Gasteiger charge is -2.33. The molecule has 2 N–H and O–H groups in total. The lowest BCUT2D eigenvalue weighted by Crippen LogP contribution is -2.52. The van der Waals surface area contributed by atoms with Crippen LogP contribution in [0.5, 0.6) is 0 Å². The van der Waals surface area contributed by atoms with E-state index < -0.39 is 29.3 Å². The van der Waals surface area contributed by atoms with Gasteiger partial charge in [0.05, 0.1) is 12.6 Å². The number of amides is 1. The monoisotopic (exact) mass is 245 g/mol. The fraction of sp³-hybridized carbons (Fsp3) is 0.818. The first-order chi connectivity index (χ1) is 7.56. The van der Waals surface area contributed by atoms with Crippen LogP contribution in [0.1, 0.15) is 34.1 Å². The van der Waals surface area contributed by atoms with Gasteiger partial charge in [-0.05, 0) is 27.7 Å². The van der Waals surface area contributed by atoms with Gasteiger partial charge in [0.2, 0.25) is 0 Å². The Morgan fingerprint density at radius 2 is 1.94 bits per heavy atom. The van der Waals surface area contributed by atoms with E-state index in [0.717, 1.165) is 4.90 Å². The number of carbonyl (C=O) groups is 2. The van der Waals surface area contributed by atoms with E-state index in [1.807, 2.05) is 0 Å². The van der Waals surface area contributed by atoms with Crippen LogP contribution in [0.4, 0.5) is 4.79 Å². The van der Waals surface area contributed by atoms with Crippen molar-refractivity contribution in [2.75, 3.05) is 6.54 Å². The van der Waals surface area contributed by atoms with Crippen molar-refractivity contribution in [3.8, 4) is 0 Å². The van der Waals surface area contributed by atoms with Gasteiger partial charge in [-0.2, -0.15) is 0 Å². The van der Waals surface area contributed by atoms with Gasteiger partial charge in [-0.25, -0.2) is 9.59 Å². The molecule has 0 bridgehead atoms. The Hall–Kier alpha value is -1.30. The largest absolute Gasteiger partial charge is 0.465 e. The maximum Gasteiger partial charge on any atom is 0.408 e. The number of hydrogen-bond acceptors (Lipinski definition) is 4. The molecule has 2 atom stereocenters. The van der Waals surface area contributed by atoms with Gasteiger partial charge in [0.1, 0.15) is 11.1 Å². The second-order valence-corrected chi connectivity index (χ2v) is 5.53. The van der Waals surface area contributed by atoms with Crippen molar-refractivity contribution in [3.63, 3.8) is 0 Å². The highest BCUT2D eigenvalue weighted by atomic mass is 16.6. The molecule has 1 amide bonds. The van der Waals surface area contributed by atoms with Crippen molar-refractivity contribution < 1.29 is 24.5 Å². The first-order valence-electron chi connectivity index (χ1n) is 5.48. The fourth-order valence-electron chi connectivity index (χ4n) is 1.92. The summed E-state index contributed by atoms with van der Waals surface area (Å²) >= 11 is 0. The molecule has 1 aliphatic heterocycles. The van der Waals surface area contributed by atoms with Gasteiger partial charge >= 0.3 is 12.1 Å². The van der Waals surface area contributed by atoms with Crippen molar-refractivity contribution >= 4 is 12.1 Å². The molecule has 6 heteroatoms. The van der Waals surface area contributed by atoms with Crippen molar-refractivity contribution in [1.29, 1.82) is 0 Å². The maximum absolute atomic E-state index is 12.0. The molecule has 0 aliphatic carbocycles. The molecule has 0 spiro atoms. The zero-order valence-corrected chi connectivity index (χ0v) is 10.6. The van der Waals surface area contributed by atoms with Crippen LogP contribution < -0.4 is 0 Å². The van der Waals surface area contributed by atoms with E-state index in [-0.39, 0.29) is 13.0 Å². The fourth-order valence-corrected chi connectivity index (χ4v) is 1.92. The van der Waals surface area contributed by atoms with Crippen LogP contribution in [0.15, 0.2) is 0 Å². The van der Waals surface area contributed by atoms with E-state index in [1.165, 1.54) is 6.92 Å². The minimum Gasteiger partial charge on any atom is -0.465 e. The van der Waals surface area contributed by atoms with Gasteiger partial charge in [-0.3, -0.25) is 4.90 Å². The van der Waals surface area contributed by atoms with E-state index in [0.29, 0.717) is 0 Å². The van der Waals surface area contributed by atoms with Crippen molar-refractivity contribution in [2.45, 2.75) is 51.4 Å². The average Bonchev–Trinajstić information content (AvgIpc) is 2.40. The van der Waals surface area contributed by atoms with Gasteiger partial charge < -0.3 is 14.9 Å². The Morgan fingerprint density at radius 1 is 1.41 bits per heavy atom. The van der Waals surface area contributed by atoms with Crippen LogP contribution in [0.2, 0.25) is 0 Å². The summed E-state index contributed by atoms with van der Waals surface area (Å²) in [7, 11) is 0. The number of carboxylic acid groups (broad SMARTS) is 1. The number of β-amino-alcohol motifs (C(OH)–C–C–N with tert-alkyl or cyclic N) is 1. The molecule has 0 radical (unpaired) electrons. The van der Waals surface area contributed by atoms with Crippen LogP contribution in [0, 0.1) is 0 Å². The van der Waals surface area contributed by atoms with Crippen LogP contribution in [0.25, 0.3) is 0 Å². The topological polar surface area (TPSA) is 87.1 Å². The number of hydrogen-bond donors (Lipinski definition) is 2. The summed E-state index contributed by atoms with van der Waals surface area (Å²) in [5, 5.41) is 18.5. The van der Waals surface area contributed by atoms with E-state index in [4.69, 9.17) is 9.84 Å². The molecule has 98 valence electrons. The van der Waals surface area contributed by atoms with Crippen LogP contribution in [-0.4, -0.2) is 51.0 Å². The molecule has 0 aromatic rings. The highest BCUT2D eigenvalue weighted by Gasteiger charge is 2.51. The normalized spacial score (nSPS) is 29.2. The number of ether oxygens (including phenoxy) is 1. The Morgan fingerprint density at radius 3 is 2.35 bits per heavy atom. The summed E-state index contributed by atoms with van der Waals surface area (Å²) in [6.45, 7) is 6.55. The Labute approximate surface area is 100 Å². The average molecular weight is 245 g/mol. The Bertz CT molecular complexity index is 335. The standard InChI is InChI=1S/C11H19NO5/c1-10(2,3)17-8(14)11(4)5-7(13)6-12(11)9(15)16/h7,13H,5-6H2,1-4H3,(H,15,16)/t7-,11+/m1/s1. The molecule has 6 nitrogen and oxygen atoms in total. The predicted octanol–water partition coefficient (Wildman–Crippen LogP) is 0.831. The molecule has 0 unspecified atom stereocenters. The molecule has 1 fully saturated rings. The van der Waals surface area contributed by atoms with Gasteiger partial charge in [0.15, 0.2) is 0 Å². The van der Waals surface area contributed by atoms with Gasteiger partial charge in [-0.15, -0.1) is 0 Å². The summed E-state index contributed by atoms with van der Waals surface area (Å²) < 4.78 is 5.20. The summed E-state index contributed by atoms with van der Waals surface area (Å²) in [5.74, 6) is -0.621. The second kappa shape index (κ2) is 4.18. The van der Waals surface area contributed by atoms with Gasteiger partial charge in [0.25, 0.3) is 0 Å². The van der Waals surface area contributed by atoms with Gasteiger partial charge in [0, 0.05) is 6.42 Å². The van der Waals surface area contributed by atoms with E-state index >= 15 is 0 Å². The first-order valence-corrected chi connectivity index (χ1v) is 5.48. The summed E-state index contributed by atoms with van der Waals surface area (Å²) in [6, 6.07) is 0. The number of likely N-dealkylation sites (tertiary alicyclic amines) is 1. The molecular formula is C11H19NO5. The lowest BCUT2D eigenvalue weighted by atomic mass is 9.98.